The first-order valence-corrected chi connectivity index (χ1v) is 12.5. The van der Waals surface area contributed by atoms with Crippen LogP contribution in [0.25, 0.3) is 0 Å². The summed E-state index contributed by atoms with van der Waals surface area (Å²) in [5.74, 6) is -0.571. The summed E-state index contributed by atoms with van der Waals surface area (Å²) in [6.45, 7) is 7.62. The lowest BCUT2D eigenvalue weighted by molar-refractivity contribution is 0.0785. The standard InChI is InChI=1S/C28H34N4O3/c1-4-6-12-23-25(32(5-2)21-10-8-7-9-11-21)26(33)24(27(34)30-23)28(35)31-16-15-20(18-31)22-14-13-19(3)17-29-22/h7-11,13-14,17,20H,4-6,12,15-16,18H2,1-3H3,(H2,30,33,34). The number of pyridine rings is 2. The molecule has 1 aliphatic rings. The lowest BCUT2D eigenvalue weighted by atomic mass is 10.0. The van der Waals surface area contributed by atoms with E-state index in [1.807, 2.05) is 67.4 Å². The van der Waals surface area contributed by atoms with Crippen molar-refractivity contribution in [3.63, 3.8) is 0 Å². The number of benzene rings is 1. The predicted octanol–water partition coefficient (Wildman–Crippen LogP) is 4.91. The summed E-state index contributed by atoms with van der Waals surface area (Å²) in [4.78, 5) is 37.7. The second-order valence-electron chi connectivity index (χ2n) is 9.19. The van der Waals surface area contributed by atoms with Crippen molar-refractivity contribution in [1.82, 2.24) is 14.9 Å². The molecule has 1 aliphatic heterocycles. The first-order chi connectivity index (χ1) is 16.9. The maximum atomic E-state index is 13.6. The van der Waals surface area contributed by atoms with Gasteiger partial charge in [0.25, 0.3) is 11.5 Å². The predicted molar refractivity (Wildman–Crippen MR) is 139 cm³/mol. The van der Waals surface area contributed by atoms with Gasteiger partial charge in [0.05, 0.1) is 0 Å². The molecule has 0 aliphatic carbocycles. The third-order valence-corrected chi connectivity index (χ3v) is 6.71. The number of hydrogen-bond donors (Lipinski definition) is 2. The number of nitrogens with one attached hydrogen (secondary N) is 1. The second kappa shape index (κ2) is 10.8. The molecule has 0 saturated carbocycles. The monoisotopic (exact) mass is 474 g/mol. The van der Waals surface area contributed by atoms with E-state index in [2.05, 4.69) is 16.9 Å². The first-order valence-electron chi connectivity index (χ1n) is 12.5. The number of aromatic hydroxyl groups is 1. The zero-order chi connectivity index (χ0) is 24.9. The van der Waals surface area contributed by atoms with Gasteiger partial charge in [-0.1, -0.05) is 37.6 Å². The minimum atomic E-state index is -0.539. The van der Waals surface area contributed by atoms with Crippen LogP contribution in [0.4, 0.5) is 11.4 Å². The molecule has 35 heavy (non-hydrogen) atoms. The maximum Gasteiger partial charge on any atom is 0.264 e. The molecule has 0 spiro atoms. The largest absolute Gasteiger partial charge is 0.505 e. The van der Waals surface area contributed by atoms with Gasteiger partial charge in [0.15, 0.2) is 5.75 Å². The van der Waals surface area contributed by atoms with Gasteiger partial charge in [-0.2, -0.15) is 0 Å². The highest BCUT2D eigenvalue weighted by molar-refractivity contribution is 5.99. The van der Waals surface area contributed by atoms with Crippen LogP contribution in [0.2, 0.25) is 0 Å². The van der Waals surface area contributed by atoms with Gasteiger partial charge in [0.2, 0.25) is 0 Å². The van der Waals surface area contributed by atoms with E-state index in [0.717, 1.165) is 36.2 Å². The summed E-state index contributed by atoms with van der Waals surface area (Å²) in [6, 6.07) is 13.7. The number of amides is 1. The Balaban J connectivity index is 1.71. The van der Waals surface area contributed by atoms with E-state index in [0.29, 0.717) is 37.4 Å². The number of likely N-dealkylation sites (tertiary alicyclic amines) is 1. The molecule has 2 N–H and O–H groups in total. The second-order valence-corrected chi connectivity index (χ2v) is 9.19. The molecule has 2 aromatic heterocycles. The number of unbranched alkanes of at least 4 members (excludes halogenated alkanes) is 1. The Kier molecular flexibility index (Phi) is 7.54. The topological polar surface area (TPSA) is 89.5 Å². The van der Waals surface area contributed by atoms with Gasteiger partial charge in [0, 0.05) is 48.8 Å². The molecule has 1 fully saturated rings. The molecule has 4 rings (SSSR count). The summed E-state index contributed by atoms with van der Waals surface area (Å²) in [7, 11) is 0. The molecule has 184 valence electrons. The normalized spacial score (nSPS) is 15.4. The number of carbonyl (C=O) groups excluding carboxylic acids is 1. The van der Waals surface area contributed by atoms with E-state index in [1.54, 1.807) is 4.90 Å². The van der Waals surface area contributed by atoms with Crippen LogP contribution in [-0.4, -0.2) is 45.5 Å². The van der Waals surface area contributed by atoms with Crippen molar-refractivity contribution in [3.05, 3.63) is 81.5 Å². The van der Waals surface area contributed by atoms with Crippen LogP contribution in [0.15, 0.2) is 53.5 Å². The number of hydrogen-bond acceptors (Lipinski definition) is 5. The Labute approximate surface area is 206 Å². The van der Waals surface area contributed by atoms with E-state index in [9.17, 15) is 14.7 Å². The Morgan fingerprint density at radius 1 is 1.20 bits per heavy atom. The number of para-hydroxylation sites is 1. The number of aromatic nitrogens is 2. The fraction of sp³-hybridized carbons (Fsp3) is 0.393. The fourth-order valence-electron chi connectivity index (χ4n) is 4.79. The molecule has 3 aromatic rings. The van der Waals surface area contributed by atoms with Gasteiger partial charge < -0.3 is 19.9 Å². The van der Waals surface area contributed by atoms with Crippen LogP contribution < -0.4 is 10.5 Å². The van der Waals surface area contributed by atoms with Gasteiger partial charge >= 0.3 is 0 Å². The maximum absolute atomic E-state index is 13.6. The van der Waals surface area contributed by atoms with E-state index in [-0.39, 0.29) is 17.2 Å². The number of aromatic amines is 1. The number of rotatable bonds is 8. The molecule has 7 nitrogen and oxygen atoms in total. The van der Waals surface area contributed by atoms with E-state index in [4.69, 9.17) is 0 Å². The van der Waals surface area contributed by atoms with Gasteiger partial charge in [-0.15, -0.1) is 0 Å². The highest BCUT2D eigenvalue weighted by atomic mass is 16.3. The lowest BCUT2D eigenvalue weighted by Crippen LogP contribution is -2.34. The van der Waals surface area contributed by atoms with Crippen LogP contribution in [0.3, 0.4) is 0 Å². The third-order valence-electron chi connectivity index (χ3n) is 6.71. The molecule has 3 heterocycles. The number of anilines is 2. The zero-order valence-corrected chi connectivity index (χ0v) is 20.8. The van der Waals surface area contributed by atoms with E-state index < -0.39 is 11.5 Å². The molecule has 1 atom stereocenters. The van der Waals surface area contributed by atoms with E-state index >= 15 is 0 Å². The quantitative estimate of drug-likeness (QED) is 0.484. The number of nitrogens with zero attached hydrogens (tertiary/aromatic N) is 3. The Morgan fingerprint density at radius 3 is 2.63 bits per heavy atom. The third kappa shape index (κ3) is 5.09. The molecule has 0 bridgehead atoms. The minimum Gasteiger partial charge on any atom is -0.505 e. The highest BCUT2D eigenvalue weighted by Crippen LogP contribution is 2.38. The van der Waals surface area contributed by atoms with Gasteiger partial charge in [-0.3, -0.25) is 14.6 Å². The van der Waals surface area contributed by atoms with Crippen molar-refractivity contribution in [3.8, 4) is 5.75 Å². The molecular weight excluding hydrogens is 440 g/mol. The average Bonchev–Trinajstić information content (AvgIpc) is 3.36. The van der Waals surface area contributed by atoms with Gasteiger partial charge in [-0.25, -0.2) is 0 Å². The Bertz CT molecular complexity index is 1220. The number of carbonyl (C=O) groups is 1. The smallest absolute Gasteiger partial charge is 0.264 e. The molecule has 0 radical (unpaired) electrons. The van der Waals surface area contributed by atoms with Gasteiger partial charge in [0.1, 0.15) is 11.3 Å². The fourth-order valence-corrected chi connectivity index (χ4v) is 4.79. The molecule has 1 amide bonds. The van der Waals surface area contributed by atoms with Crippen molar-refractivity contribution in [2.24, 2.45) is 0 Å². The summed E-state index contributed by atoms with van der Waals surface area (Å²) >= 11 is 0. The number of H-pyrrole nitrogens is 1. The van der Waals surface area contributed by atoms with Crippen molar-refractivity contribution in [2.75, 3.05) is 24.5 Å². The molecule has 1 saturated heterocycles. The highest BCUT2D eigenvalue weighted by Gasteiger charge is 2.33. The summed E-state index contributed by atoms with van der Waals surface area (Å²) in [5, 5.41) is 11.4. The van der Waals surface area contributed by atoms with Crippen molar-refractivity contribution < 1.29 is 9.90 Å². The SMILES string of the molecule is CCCCc1[nH]c(=O)c(C(=O)N2CCC(c3ccc(C)cn3)C2)c(O)c1N(CC)c1ccccc1. The van der Waals surface area contributed by atoms with Crippen LogP contribution in [-0.2, 0) is 6.42 Å². The molecule has 1 aromatic carbocycles. The van der Waals surface area contributed by atoms with Crippen molar-refractivity contribution in [1.29, 1.82) is 0 Å². The zero-order valence-electron chi connectivity index (χ0n) is 20.8. The average molecular weight is 475 g/mol. The van der Waals surface area contributed by atoms with E-state index in [1.165, 1.54) is 0 Å². The minimum absolute atomic E-state index is 0.112. The summed E-state index contributed by atoms with van der Waals surface area (Å²) in [5.41, 5.74) is 3.35. The van der Waals surface area contributed by atoms with Crippen LogP contribution in [0, 0.1) is 6.92 Å². The molecular formula is C28H34N4O3. The van der Waals surface area contributed by atoms with Crippen LogP contribution >= 0.6 is 0 Å². The van der Waals surface area contributed by atoms with Crippen molar-refractivity contribution in [2.45, 2.75) is 52.4 Å². The van der Waals surface area contributed by atoms with Crippen LogP contribution in [0.1, 0.15) is 66.3 Å². The Morgan fingerprint density at radius 2 is 1.97 bits per heavy atom. The first kappa shape index (κ1) is 24.5. The van der Waals surface area contributed by atoms with Gasteiger partial charge in [-0.05, 0) is 56.9 Å². The van der Waals surface area contributed by atoms with Crippen molar-refractivity contribution >= 4 is 17.3 Å². The molecule has 1 unspecified atom stereocenters. The van der Waals surface area contributed by atoms with Crippen LogP contribution in [0.5, 0.6) is 5.75 Å². The molecule has 7 heteroatoms. The Hall–Kier alpha value is -3.61. The summed E-state index contributed by atoms with van der Waals surface area (Å²) < 4.78 is 0. The number of aryl methyl sites for hydroxylation is 2. The lowest BCUT2D eigenvalue weighted by Gasteiger charge is -2.28. The summed E-state index contributed by atoms with van der Waals surface area (Å²) in [6.07, 6.45) is 5.02.